The van der Waals surface area contributed by atoms with Gasteiger partial charge in [-0.3, -0.25) is 34.2 Å². The molecule has 40 heavy (non-hydrogen) atoms. The van der Waals surface area contributed by atoms with E-state index in [0.29, 0.717) is 5.56 Å². The Kier molecular flexibility index (Phi) is 11.6. The molecule has 14 nitrogen and oxygen atoms in total. The van der Waals surface area contributed by atoms with Gasteiger partial charge in [0.1, 0.15) is 18.1 Å². The summed E-state index contributed by atoms with van der Waals surface area (Å²) in [7, 11) is 0. The number of amides is 5. The van der Waals surface area contributed by atoms with Gasteiger partial charge in [0.15, 0.2) is 0 Å². The average molecular weight is 560 g/mol. The lowest BCUT2D eigenvalue weighted by Gasteiger charge is -2.26. The number of hydrogen-bond acceptors (Lipinski definition) is 7. The molecule has 1 aromatic rings. The van der Waals surface area contributed by atoms with Crippen LogP contribution in [0.4, 0.5) is 0 Å². The Morgan fingerprint density at radius 1 is 0.975 bits per heavy atom. The van der Waals surface area contributed by atoms with Crippen molar-refractivity contribution in [3.63, 3.8) is 0 Å². The Hall–Kier alpha value is -4.49. The van der Waals surface area contributed by atoms with Gasteiger partial charge in [0.05, 0.1) is 18.3 Å². The van der Waals surface area contributed by atoms with E-state index < -0.39 is 66.1 Å². The molecule has 2 bridgehead atoms. The molecule has 14 heteroatoms. The summed E-state index contributed by atoms with van der Waals surface area (Å²) in [6.45, 7) is 4.05. The van der Waals surface area contributed by atoms with Crippen LogP contribution in [0.3, 0.4) is 0 Å². The van der Waals surface area contributed by atoms with Crippen LogP contribution in [-0.2, 0) is 30.5 Å². The number of carbonyl (C=O) groups is 6. The predicted molar refractivity (Wildman–Crippen MR) is 144 cm³/mol. The van der Waals surface area contributed by atoms with Crippen molar-refractivity contribution >= 4 is 41.3 Å². The smallest absolute Gasteiger partial charge is 0.308 e. The third-order valence-corrected chi connectivity index (χ3v) is 6.38. The number of carboxylic acid groups (broad SMARTS) is 1. The van der Waals surface area contributed by atoms with E-state index in [1.807, 2.05) is 0 Å². The van der Waals surface area contributed by atoms with Crippen LogP contribution in [0.2, 0.25) is 0 Å². The number of hydrogen-bond donors (Lipinski definition) is 8. The van der Waals surface area contributed by atoms with Crippen LogP contribution in [0.5, 0.6) is 0 Å². The molecule has 0 unspecified atom stereocenters. The summed E-state index contributed by atoms with van der Waals surface area (Å²) in [5.41, 5.74) is 6.14. The highest BCUT2D eigenvalue weighted by Crippen LogP contribution is 2.11. The van der Waals surface area contributed by atoms with E-state index >= 15 is 0 Å². The van der Waals surface area contributed by atoms with E-state index in [-0.39, 0.29) is 43.1 Å². The maximum atomic E-state index is 13.2. The predicted octanol–water partition coefficient (Wildman–Crippen LogP) is -1.02. The summed E-state index contributed by atoms with van der Waals surface area (Å²) in [6, 6.07) is 2.70. The molecule has 1 aliphatic rings. The van der Waals surface area contributed by atoms with E-state index in [1.54, 1.807) is 26.0 Å². The van der Waals surface area contributed by atoms with Crippen molar-refractivity contribution in [1.29, 1.82) is 5.41 Å². The summed E-state index contributed by atoms with van der Waals surface area (Å²) < 4.78 is 0. The lowest BCUT2D eigenvalue weighted by atomic mass is 10.00. The van der Waals surface area contributed by atoms with Gasteiger partial charge < -0.3 is 37.4 Å². The van der Waals surface area contributed by atoms with E-state index in [4.69, 9.17) is 11.1 Å². The molecular weight excluding hydrogens is 522 g/mol. The fourth-order valence-electron chi connectivity index (χ4n) is 3.98. The summed E-state index contributed by atoms with van der Waals surface area (Å²) >= 11 is 0. The molecule has 5 amide bonds. The summed E-state index contributed by atoms with van der Waals surface area (Å²) in [5.74, 6) is -6.53. The maximum Gasteiger partial charge on any atom is 0.308 e. The lowest BCUT2D eigenvalue weighted by molar-refractivity contribution is -0.145. The Morgan fingerprint density at radius 3 is 2.27 bits per heavy atom. The van der Waals surface area contributed by atoms with Gasteiger partial charge in [-0.2, -0.15) is 0 Å². The first kappa shape index (κ1) is 31.7. The highest BCUT2D eigenvalue weighted by molar-refractivity contribution is 5.99. The lowest BCUT2D eigenvalue weighted by Crippen LogP contribution is -2.57. The number of nitrogens with one attached hydrogen (secondary N) is 6. The number of carbonyl (C=O) groups excluding carboxylic acids is 5. The molecular formula is C26H37N7O7. The molecule has 0 spiro atoms. The van der Waals surface area contributed by atoms with Gasteiger partial charge in [-0.1, -0.05) is 26.0 Å². The molecule has 0 saturated heterocycles. The standard InChI is InChI=1S/C26H37N7O7/c1-13(2)20-25(38)31-17(8-5-9-18(27)28)23(36)30-12-19(34)32-21(14(3)26(39)40)24(37)29-11-15-6-4-7-16(10-15)22(35)33-20/h4,6-7,10,13-14,17,20-21H,5,8-9,11-12H2,1-3H3,(H3,27,28)(H,29,37)(H,30,36)(H,31,38)(H,32,34)(H,33,35)(H,39,40)/t14-,17-,20+,21-/m0/s1. The van der Waals surface area contributed by atoms with Crippen LogP contribution < -0.4 is 32.3 Å². The Bertz CT molecular complexity index is 1150. The first-order valence-electron chi connectivity index (χ1n) is 12.9. The molecule has 218 valence electrons. The molecule has 4 atom stereocenters. The maximum absolute atomic E-state index is 13.2. The monoisotopic (exact) mass is 559 g/mol. The molecule has 0 aromatic heterocycles. The average Bonchev–Trinajstić information content (AvgIpc) is 2.89. The van der Waals surface area contributed by atoms with Gasteiger partial charge in [-0.15, -0.1) is 0 Å². The number of fused-ring (bicyclic) bond motifs is 2. The largest absolute Gasteiger partial charge is 0.481 e. The van der Waals surface area contributed by atoms with Crippen molar-refractivity contribution < 1.29 is 33.9 Å². The second-order valence-corrected chi connectivity index (χ2v) is 9.98. The van der Waals surface area contributed by atoms with E-state index in [1.165, 1.54) is 19.1 Å². The third kappa shape index (κ3) is 9.36. The fourth-order valence-corrected chi connectivity index (χ4v) is 3.98. The molecule has 1 heterocycles. The van der Waals surface area contributed by atoms with Gasteiger partial charge in [-0.25, -0.2) is 0 Å². The van der Waals surface area contributed by atoms with Crippen LogP contribution in [0.15, 0.2) is 24.3 Å². The topological polar surface area (TPSA) is 233 Å². The van der Waals surface area contributed by atoms with Crippen LogP contribution in [0, 0.1) is 17.2 Å². The summed E-state index contributed by atoms with van der Waals surface area (Å²) in [4.78, 5) is 76.3. The molecule has 0 aliphatic carbocycles. The number of aliphatic carboxylic acids is 1. The molecule has 0 radical (unpaired) electrons. The highest BCUT2D eigenvalue weighted by Gasteiger charge is 2.33. The third-order valence-electron chi connectivity index (χ3n) is 6.38. The number of carboxylic acids is 1. The zero-order valence-electron chi connectivity index (χ0n) is 22.7. The first-order chi connectivity index (χ1) is 18.8. The fraction of sp³-hybridized carbons (Fsp3) is 0.500. The van der Waals surface area contributed by atoms with Crippen LogP contribution in [-0.4, -0.2) is 71.1 Å². The molecule has 0 fully saturated rings. The van der Waals surface area contributed by atoms with Crippen molar-refractivity contribution in [2.75, 3.05) is 6.54 Å². The van der Waals surface area contributed by atoms with Gasteiger partial charge in [0, 0.05) is 18.5 Å². The summed E-state index contributed by atoms with van der Waals surface area (Å²) in [5, 5.41) is 29.5. The Labute approximate surface area is 231 Å². The minimum atomic E-state index is -1.45. The van der Waals surface area contributed by atoms with Crippen molar-refractivity contribution in [3.8, 4) is 0 Å². The van der Waals surface area contributed by atoms with Crippen molar-refractivity contribution in [3.05, 3.63) is 35.4 Å². The minimum Gasteiger partial charge on any atom is -0.481 e. The van der Waals surface area contributed by atoms with Crippen molar-refractivity contribution in [1.82, 2.24) is 26.6 Å². The first-order valence-corrected chi connectivity index (χ1v) is 12.9. The Morgan fingerprint density at radius 2 is 1.65 bits per heavy atom. The van der Waals surface area contributed by atoms with E-state index in [2.05, 4.69) is 26.6 Å². The minimum absolute atomic E-state index is 0.0641. The molecule has 0 saturated carbocycles. The van der Waals surface area contributed by atoms with Gasteiger partial charge >= 0.3 is 5.97 Å². The number of rotatable bonds is 7. The quantitative estimate of drug-likeness (QED) is 0.152. The molecule has 1 aromatic carbocycles. The van der Waals surface area contributed by atoms with Crippen LogP contribution >= 0.6 is 0 Å². The summed E-state index contributed by atoms with van der Waals surface area (Å²) in [6.07, 6.45) is 0.537. The molecule has 9 N–H and O–H groups in total. The van der Waals surface area contributed by atoms with Crippen LogP contribution in [0.1, 0.15) is 56.0 Å². The SMILES string of the molecule is CC(C)[C@H]1NC(=O)c2cccc(c2)CNC(=O)[C@H]([C@H](C)C(=O)O)NC(=O)CNC(=O)[C@H](CCCC(=N)N)NC1=O. The van der Waals surface area contributed by atoms with Gasteiger partial charge in [0.2, 0.25) is 23.6 Å². The molecule has 2 rings (SSSR count). The van der Waals surface area contributed by atoms with Crippen LogP contribution in [0.25, 0.3) is 0 Å². The molecule has 1 aliphatic heterocycles. The number of amidine groups is 1. The van der Waals surface area contributed by atoms with E-state index in [0.717, 1.165) is 0 Å². The van der Waals surface area contributed by atoms with Gasteiger partial charge in [-0.05, 0) is 43.4 Å². The second-order valence-electron chi connectivity index (χ2n) is 9.98. The zero-order chi connectivity index (χ0) is 30.0. The van der Waals surface area contributed by atoms with Crippen molar-refractivity contribution in [2.45, 2.75) is 64.7 Å². The Balaban J connectivity index is 2.43. The second kappa shape index (κ2) is 14.6. The normalized spacial score (nSPS) is 22.0. The highest BCUT2D eigenvalue weighted by atomic mass is 16.4. The number of nitrogens with two attached hydrogens (primary N) is 1. The van der Waals surface area contributed by atoms with Gasteiger partial charge in [0.25, 0.3) is 5.91 Å². The van der Waals surface area contributed by atoms with E-state index in [9.17, 15) is 33.9 Å². The van der Waals surface area contributed by atoms with Crippen molar-refractivity contribution in [2.24, 2.45) is 17.6 Å². The zero-order valence-corrected chi connectivity index (χ0v) is 22.7. The number of benzene rings is 1.